The van der Waals surface area contributed by atoms with Crippen LogP contribution in [0.5, 0.6) is 6.01 Å². The summed E-state index contributed by atoms with van der Waals surface area (Å²) in [4.78, 5) is 32.6. The highest BCUT2D eigenvalue weighted by molar-refractivity contribution is 6.36. The van der Waals surface area contributed by atoms with Crippen molar-refractivity contribution in [2.75, 3.05) is 44.7 Å². The van der Waals surface area contributed by atoms with E-state index < -0.39 is 17.8 Å². The number of nitriles is 1. The number of halogens is 2. The number of amides is 1. The lowest BCUT2D eigenvalue weighted by Gasteiger charge is -2.41. The van der Waals surface area contributed by atoms with E-state index in [1.165, 1.54) is 4.90 Å². The van der Waals surface area contributed by atoms with Gasteiger partial charge in [0.25, 0.3) is 5.91 Å². The van der Waals surface area contributed by atoms with Gasteiger partial charge in [-0.1, -0.05) is 48.5 Å². The molecule has 9 nitrogen and oxygen atoms in total. The predicted molar refractivity (Wildman–Crippen MR) is 165 cm³/mol. The summed E-state index contributed by atoms with van der Waals surface area (Å²) >= 11 is 6.63. The van der Waals surface area contributed by atoms with Crippen LogP contribution in [0, 0.1) is 11.3 Å². The van der Waals surface area contributed by atoms with Gasteiger partial charge >= 0.3 is 6.01 Å². The van der Waals surface area contributed by atoms with Crippen LogP contribution in [0.25, 0.3) is 33.1 Å². The minimum atomic E-state index is -1.04. The molecule has 220 valence electrons. The van der Waals surface area contributed by atoms with Crippen LogP contribution in [0.1, 0.15) is 19.3 Å². The molecule has 2 fully saturated rings. The molecule has 4 heterocycles. The van der Waals surface area contributed by atoms with Crippen molar-refractivity contribution in [1.29, 1.82) is 5.26 Å². The lowest BCUT2D eigenvalue weighted by Crippen LogP contribution is -2.55. The molecule has 2 unspecified atom stereocenters. The maximum Gasteiger partial charge on any atom is 0.320 e. The minimum Gasteiger partial charge on any atom is -0.462 e. The second kappa shape index (κ2) is 12.1. The third-order valence-electron chi connectivity index (χ3n) is 8.33. The Kier molecular flexibility index (Phi) is 8.10. The Morgan fingerprint density at radius 3 is 2.67 bits per heavy atom. The molecule has 2 saturated heterocycles. The average Bonchev–Trinajstić information content (AvgIpc) is 3.43. The number of aromatic nitrogens is 3. The number of fused-ring (bicyclic) bond motifs is 2. The molecule has 1 amide bonds. The molecule has 0 spiro atoms. The first-order valence-corrected chi connectivity index (χ1v) is 14.7. The van der Waals surface area contributed by atoms with Crippen molar-refractivity contribution in [3.63, 3.8) is 0 Å². The van der Waals surface area contributed by atoms with E-state index >= 15 is 0 Å². The first kappa shape index (κ1) is 28.8. The number of pyridine rings is 1. The molecular weight excluding hydrogens is 569 g/mol. The first-order chi connectivity index (χ1) is 20.8. The van der Waals surface area contributed by atoms with Gasteiger partial charge < -0.3 is 19.4 Å². The van der Waals surface area contributed by atoms with Crippen LogP contribution in [0.4, 0.5) is 10.2 Å². The fourth-order valence-corrected chi connectivity index (χ4v) is 6.33. The van der Waals surface area contributed by atoms with Crippen LogP contribution in [0.3, 0.4) is 0 Å². The normalized spacial score (nSPS) is 19.1. The van der Waals surface area contributed by atoms with E-state index in [1.54, 1.807) is 0 Å². The van der Waals surface area contributed by atoms with Gasteiger partial charge in [-0.2, -0.15) is 15.2 Å². The fourth-order valence-electron chi connectivity index (χ4n) is 6.05. The summed E-state index contributed by atoms with van der Waals surface area (Å²) in [5.74, 6) is -1.25. The van der Waals surface area contributed by atoms with Crippen molar-refractivity contribution >= 4 is 45.1 Å². The summed E-state index contributed by atoms with van der Waals surface area (Å²) in [6.45, 7) is 5.49. The van der Waals surface area contributed by atoms with E-state index in [0.717, 1.165) is 35.7 Å². The number of hydrogen-bond acceptors (Lipinski definition) is 8. The molecule has 0 radical (unpaired) electrons. The molecule has 0 aliphatic carbocycles. The summed E-state index contributed by atoms with van der Waals surface area (Å²) in [6.07, 6.45) is 2.19. The molecule has 2 aliphatic heterocycles. The van der Waals surface area contributed by atoms with Crippen molar-refractivity contribution in [1.82, 2.24) is 24.8 Å². The van der Waals surface area contributed by atoms with Crippen LogP contribution in [0.2, 0.25) is 5.02 Å². The topological polar surface area (TPSA) is 98.5 Å². The van der Waals surface area contributed by atoms with Crippen LogP contribution < -0.4 is 9.64 Å². The Hall–Kier alpha value is -4.33. The summed E-state index contributed by atoms with van der Waals surface area (Å²) in [7, 11) is 2.08. The summed E-state index contributed by atoms with van der Waals surface area (Å²) in [6, 6.07) is 17.7. The van der Waals surface area contributed by atoms with E-state index in [4.69, 9.17) is 31.3 Å². The Morgan fingerprint density at radius 1 is 1.12 bits per heavy atom. The molecular formula is C32H31ClFN7O2. The summed E-state index contributed by atoms with van der Waals surface area (Å²) in [5.41, 5.74) is 2.04. The number of piperazine rings is 1. The Balaban J connectivity index is 1.41. The van der Waals surface area contributed by atoms with E-state index in [-0.39, 0.29) is 31.6 Å². The number of likely N-dealkylation sites (N-methyl/N-ethyl adjacent to an activating group) is 1. The number of nitrogens with zero attached hydrogens (tertiary/aromatic N) is 7. The van der Waals surface area contributed by atoms with Gasteiger partial charge in [0.05, 0.1) is 29.6 Å². The van der Waals surface area contributed by atoms with Gasteiger partial charge in [-0.3, -0.25) is 4.79 Å². The smallest absolute Gasteiger partial charge is 0.320 e. The number of anilines is 1. The molecule has 0 bridgehead atoms. The van der Waals surface area contributed by atoms with Crippen LogP contribution in [-0.2, 0) is 4.79 Å². The van der Waals surface area contributed by atoms with Crippen molar-refractivity contribution in [3.05, 3.63) is 66.0 Å². The number of carbonyl (C=O) groups excluding carboxylic acids is 1. The molecule has 2 aromatic heterocycles. The second-order valence-electron chi connectivity index (χ2n) is 11.0. The van der Waals surface area contributed by atoms with Gasteiger partial charge in [0.1, 0.15) is 12.4 Å². The van der Waals surface area contributed by atoms with Gasteiger partial charge in [-0.25, -0.2) is 9.37 Å². The van der Waals surface area contributed by atoms with Gasteiger partial charge in [-0.15, -0.1) is 0 Å². The van der Waals surface area contributed by atoms with Gasteiger partial charge in [0.2, 0.25) is 0 Å². The third kappa shape index (κ3) is 5.70. The molecule has 6 rings (SSSR count). The van der Waals surface area contributed by atoms with Crippen molar-refractivity contribution in [2.24, 2.45) is 0 Å². The predicted octanol–water partition coefficient (Wildman–Crippen LogP) is 5.39. The zero-order valence-electron chi connectivity index (χ0n) is 23.8. The summed E-state index contributed by atoms with van der Waals surface area (Å²) in [5, 5.41) is 12.7. The standard InChI is InChI=1S/C32H31ClFN7O2/c1-20(34)31(42)41-17-16-40(18-22(41)13-14-35)30-25-11-12-27(24-9-3-6-21-7-4-10-26(33)28(21)24)36-29(25)37-32(38-30)43-19-23-8-5-15-39(23)2/h3-4,6-7,9-12,22-23H,1,5,8,13,15-19H2,2H3. The molecule has 0 N–H and O–H groups in total. The molecule has 2 aliphatic rings. The fraction of sp³-hybridized carbons (Fsp3) is 0.344. The monoisotopic (exact) mass is 599 g/mol. The Bertz CT molecular complexity index is 1750. The summed E-state index contributed by atoms with van der Waals surface area (Å²) < 4.78 is 19.9. The van der Waals surface area contributed by atoms with Crippen LogP contribution in [-0.4, -0.2) is 82.6 Å². The lowest BCUT2D eigenvalue weighted by atomic mass is 10.0. The van der Waals surface area contributed by atoms with E-state index in [0.29, 0.717) is 40.7 Å². The van der Waals surface area contributed by atoms with Crippen molar-refractivity contribution < 1.29 is 13.9 Å². The van der Waals surface area contributed by atoms with Gasteiger partial charge in [0.15, 0.2) is 11.5 Å². The van der Waals surface area contributed by atoms with E-state index in [9.17, 15) is 14.4 Å². The Labute approximate surface area is 254 Å². The molecule has 43 heavy (non-hydrogen) atoms. The minimum absolute atomic E-state index is 0.0418. The highest BCUT2D eigenvalue weighted by Crippen LogP contribution is 2.35. The van der Waals surface area contributed by atoms with Crippen molar-refractivity contribution in [3.8, 4) is 23.3 Å². The highest BCUT2D eigenvalue weighted by atomic mass is 35.5. The van der Waals surface area contributed by atoms with E-state index in [2.05, 4.69) is 24.6 Å². The maximum absolute atomic E-state index is 13.8. The molecule has 2 atom stereocenters. The third-order valence-corrected chi connectivity index (χ3v) is 8.64. The number of ether oxygens (including phenoxy) is 1. The highest BCUT2D eigenvalue weighted by Gasteiger charge is 2.33. The first-order valence-electron chi connectivity index (χ1n) is 14.3. The number of benzene rings is 2. The quantitative estimate of drug-likeness (QED) is 0.261. The van der Waals surface area contributed by atoms with Crippen LogP contribution >= 0.6 is 11.6 Å². The lowest BCUT2D eigenvalue weighted by molar-refractivity contribution is -0.131. The molecule has 4 aromatic rings. The molecule has 2 aromatic carbocycles. The van der Waals surface area contributed by atoms with Crippen LogP contribution in [0.15, 0.2) is 60.9 Å². The number of carbonyl (C=O) groups is 1. The largest absolute Gasteiger partial charge is 0.462 e. The second-order valence-corrected chi connectivity index (χ2v) is 11.4. The van der Waals surface area contributed by atoms with E-state index in [1.807, 2.05) is 53.4 Å². The van der Waals surface area contributed by atoms with Gasteiger partial charge in [-0.05, 0) is 50.0 Å². The molecule has 11 heteroatoms. The average molecular weight is 600 g/mol. The zero-order chi connectivity index (χ0) is 30.1. The number of rotatable bonds is 7. The SMILES string of the molecule is C=C(F)C(=O)N1CCN(c2nc(OCC3CCCN3C)nc3nc(-c4cccc5cccc(Cl)c45)ccc23)CC1CC#N. The Morgan fingerprint density at radius 2 is 1.93 bits per heavy atom. The maximum atomic E-state index is 13.8. The van der Waals surface area contributed by atoms with Crippen molar-refractivity contribution in [2.45, 2.75) is 31.3 Å². The number of likely N-dealkylation sites (tertiary alicyclic amines) is 1. The number of hydrogen-bond donors (Lipinski definition) is 0. The molecule has 0 saturated carbocycles. The zero-order valence-corrected chi connectivity index (χ0v) is 24.6. The van der Waals surface area contributed by atoms with Gasteiger partial charge in [0, 0.05) is 41.6 Å².